The van der Waals surface area contributed by atoms with Gasteiger partial charge in [-0.25, -0.2) is 15.0 Å². The Hall–Kier alpha value is -1.75. The molecule has 80 valence electrons. The van der Waals surface area contributed by atoms with Crippen LogP contribution in [0.3, 0.4) is 0 Å². The molecule has 2 rings (SSSR count). The Morgan fingerprint density at radius 1 is 1.47 bits per heavy atom. The van der Waals surface area contributed by atoms with E-state index in [1.165, 1.54) is 6.33 Å². The van der Waals surface area contributed by atoms with Gasteiger partial charge < -0.3 is 9.88 Å². The second kappa shape index (κ2) is 5.87. The van der Waals surface area contributed by atoms with E-state index in [2.05, 4.69) is 31.4 Å². The Bertz CT molecular complexity index is 377. The number of rotatable bonds is 2. The maximum atomic E-state index is 3.91. The molecule has 0 spiro atoms. The maximum absolute atomic E-state index is 3.91. The molecular formula is C10H15N5. The second-order valence-corrected chi connectivity index (χ2v) is 3.21. The van der Waals surface area contributed by atoms with E-state index in [1.807, 2.05) is 20.2 Å². The van der Waals surface area contributed by atoms with E-state index >= 15 is 0 Å². The van der Waals surface area contributed by atoms with Crippen molar-refractivity contribution in [3.8, 4) is 0 Å². The molecule has 0 saturated carbocycles. The van der Waals surface area contributed by atoms with Gasteiger partial charge in [-0.1, -0.05) is 6.08 Å². The van der Waals surface area contributed by atoms with Crippen LogP contribution in [-0.2, 0) is 0 Å². The van der Waals surface area contributed by atoms with Crippen molar-refractivity contribution in [3.05, 3.63) is 31.5 Å². The average Bonchev–Trinajstić information content (AvgIpc) is 2.65. The highest BCUT2D eigenvalue weighted by molar-refractivity contribution is 5.67. The van der Waals surface area contributed by atoms with Crippen LogP contribution in [0.25, 0.3) is 11.2 Å². The van der Waals surface area contributed by atoms with E-state index in [4.69, 9.17) is 0 Å². The van der Waals surface area contributed by atoms with Crippen LogP contribution in [0.5, 0.6) is 0 Å². The largest absolute Gasteiger partial charge is 0.342 e. The van der Waals surface area contributed by atoms with Crippen molar-refractivity contribution in [3.63, 3.8) is 0 Å². The summed E-state index contributed by atoms with van der Waals surface area (Å²) in [4.78, 5) is 16.5. The Morgan fingerprint density at radius 2 is 2.27 bits per heavy atom. The number of nitrogens with zero attached hydrogens (tertiary/aromatic N) is 4. The number of imidazole rings is 1. The number of aromatic amines is 1. The highest BCUT2D eigenvalue weighted by atomic mass is 15.0. The fraction of sp³-hybridized carbons (Fsp3) is 0.300. The normalized spacial score (nSPS) is 9.80. The third-order valence-corrected chi connectivity index (χ3v) is 1.59. The molecule has 0 atom stereocenters. The lowest BCUT2D eigenvalue weighted by Crippen LogP contribution is -2.09. The summed E-state index contributed by atoms with van der Waals surface area (Å²) >= 11 is 0. The molecule has 0 aliphatic carbocycles. The zero-order valence-corrected chi connectivity index (χ0v) is 9.01. The fourth-order valence-electron chi connectivity index (χ4n) is 0.949. The highest BCUT2D eigenvalue weighted by Crippen LogP contribution is 1.99. The maximum Gasteiger partial charge on any atom is 0.180 e. The number of hydrogen-bond acceptors (Lipinski definition) is 4. The predicted octanol–water partition coefficient (Wildman–Crippen LogP) is 1.09. The van der Waals surface area contributed by atoms with E-state index in [1.54, 1.807) is 12.5 Å². The first-order chi connectivity index (χ1) is 7.24. The molecule has 0 amide bonds. The minimum Gasteiger partial charge on any atom is -0.342 e. The molecule has 0 aromatic carbocycles. The summed E-state index contributed by atoms with van der Waals surface area (Å²) in [5, 5.41) is 0. The van der Waals surface area contributed by atoms with Gasteiger partial charge in [0.25, 0.3) is 0 Å². The quantitative estimate of drug-likeness (QED) is 0.745. The van der Waals surface area contributed by atoms with Crippen LogP contribution in [0.1, 0.15) is 0 Å². The zero-order chi connectivity index (χ0) is 11.1. The van der Waals surface area contributed by atoms with Gasteiger partial charge in [0, 0.05) is 6.54 Å². The smallest absolute Gasteiger partial charge is 0.180 e. The molecule has 0 fully saturated rings. The van der Waals surface area contributed by atoms with Gasteiger partial charge in [-0.3, -0.25) is 0 Å². The second-order valence-electron chi connectivity index (χ2n) is 3.21. The van der Waals surface area contributed by atoms with Gasteiger partial charge in [0.05, 0.1) is 12.5 Å². The molecular weight excluding hydrogens is 190 g/mol. The monoisotopic (exact) mass is 205 g/mol. The molecule has 0 saturated heterocycles. The molecule has 5 nitrogen and oxygen atoms in total. The summed E-state index contributed by atoms with van der Waals surface area (Å²) < 4.78 is 0. The summed E-state index contributed by atoms with van der Waals surface area (Å²) in [5.74, 6) is 0. The molecule has 2 aromatic rings. The molecule has 0 unspecified atom stereocenters. The molecule has 0 aliphatic heterocycles. The lowest BCUT2D eigenvalue weighted by molar-refractivity contribution is 0.457. The summed E-state index contributed by atoms with van der Waals surface area (Å²) in [6.45, 7) is 4.53. The van der Waals surface area contributed by atoms with Crippen molar-refractivity contribution in [2.24, 2.45) is 0 Å². The lowest BCUT2D eigenvalue weighted by atomic mass is 10.6. The first-order valence-corrected chi connectivity index (χ1v) is 4.58. The van der Waals surface area contributed by atoms with Crippen molar-refractivity contribution < 1.29 is 0 Å². The first kappa shape index (κ1) is 11.3. The number of likely N-dealkylation sites (N-methyl/N-ethyl adjacent to an activating group) is 1. The van der Waals surface area contributed by atoms with Gasteiger partial charge in [0.15, 0.2) is 5.65 Å². The van der Waals surface area contributed by atoms with Gasteiger partial charge in [0.2, 0.25) is 0 Å². The summed E-state index contributed by atoms with van der Waals surface area (Å²) in [6.07, 6.45) is 6.64. The van der Waals surface area contributed by atoms with Gasteiger partial charge in [-0.2, -0.15) is 0 Å². The molecule has 2 aromatic heterocycles. The number of nitrogens with one attached hydrogen (secondary N) is 1. The van der Waals surface area contributed by atoms with E-state index in [0.29, 0.717) is 5.65 Å². The van der Waals surface area contributed by atoms with Crippen molar-refractivity contribution >= 4 is 11.2 Å². The predicted molar refractivity (Wildman–Crippen MR) is 60.4 cm³/mol. The van der Waals surface area contributed by atoms with Crippen molar-refractivity contribution in [2.45, 2.75) is 0 Å². The van der Waals surface area contributed by atoms with Gasteiger partial charge >= 0.3 is 0 Å². The summed E-state index contributed by atoms with van der Waals surface area (Å²) in [5.41, 5.74) is 1.59. The Kier molecular flexibility index (Phi) is 4.43. The van der Waals surface area contributed by atoms with Crippen LogP contribution in [0.4, 0.5) is 0 Å². The molecule has 2 heterocycles. The molecule has 15 heavy (non-hydrogen) atoms. The standard InChI is InChI=1S/C5H4N4.C5H11N/c1-4-5(8-2-6-1)9-3-7-4;1-4-5-6(2)3/h1-3H,(H,6,7,8,9);4H,1,5H2,2-3H3. The van der Waals surface area contributed by atoms with Gasteiger partial charge in [-0.15, -0.1) is 6.58 Å². The molecule has 0 bridgehead atoms. The summed E-state index contributed by atoms with van der Waals surface area (Å²) in [6, 6.07) is 0. The Morgan fingerprint density at radius 3 is 2.80 bits per heavy atom. The SMILES string of the molecule is C=CCN(C)C.c1ncc2[nH]cnc2n1. The molecule has 0 aliphatic rings. The zero-order valence-electron chi connectivity index (χ0n) is 9.01. The van der Waals surface area contributed by atoms with Crippen molar-refractivity contribution in [1.82, 2.24) is 24.8 Å². The number of fused-ring (bicyclic) bond motifs is 1. The van der Waals surface area contributed by atoms with Crippen LogP contribution >= 0.6 is 0 Å². The molecule has 1 N–H and O–H groups in total. The molecule has 0 radical (unpaired) electrons. The number of H-pyrrole nitrogens is 1. The van der Waals surface area contributed by atoms with Gasteiger partial charge in [-0.05, 0) is 14.1 Å². The topological polar surface area (TPSA) is 57.7 Å². The van der Waals surface area contributed by atoms with Crippen molar-refractivity contribution in [2.75, 3.05) is 20.6 Å². The van der Waals surface area contributed by atoms with Crippen molar-refractivity contribution in [1.29, 1.82) is 0 Å². The lowest BCUT2D eigenvalue weighted by Gasteiger charge is -2.01. The van der Waals surface area contributed by atoms with E-state index in [-0.39, 0.29) is 0 Å². The van der Waals surface area contributed by atoms with E-state index in [0.717, 1.165) is 12.1 Å². The highest BCUT2D eigenvalue weighted by Gasteiger charge is 1.91. The third kappa shape index (κ3) is 3.86. The van der Waals surface area contributed by atoms with Crippen LogP contribution in [-0.4, -0.2) is 45.5 Å². The van der Waals surface area contributed by atoms with Crippen LogP contribution in [0.15, 0.2) is 31.5 Å². The van der Waals surface area contributed by atoms with E-state index in [9.17, 15) is 0 Å². The first-order valence-electron chi connectivity index (χ1n) is 4.58. The van der Waals surface area contributed by atoms with Crippen LogP contribution in [0, 0.1) is 0 Å². The number of aromatic nitrogens is 4. The van der Waals surface area contributed by atoms with Crippen LogP contribution in [0.2, 0.25) is 0 Å². The minimum atomic E-state index is 0.713. The van der Waals surface area contributed by atoms with Crippen LogP contribution < -0.4 is 0 Å². The third-order valence-electron chi connectivity index (χ3n) is 1.59. The summed E-state index contributed by atoms with van der Waals surface area (Å²) in [7, 11) is 4.03. The number of hydrogen-bond donors (Lipinski definition) is 1. The fourth-order valence-corrected chi connectivity index (χ4v) is 0.949. The minimum absolute atomic E-state index is 0.713. The average molecular weight is 205 g/mol. The van der Waals surface area contributed by atoms with E-state index < -0.39 is 0 Å². The van der Waals surface area contributed by atoms with Gasteiger partial charge in [0.1, 0.15) is 11.8 Å². The Labute approximate surface area is 88.9 Å². The Balaban J connectivity index is 0.000000167. The molecule has 5 heteroatoms.